The van der Waals surface area contributed by atoms with Crippen LogP contribution < -0.4 is 0 Å². The number of oxime groups is 1. The first-order valence-corrected chi connectivity index (χ1v) is 13.0. The number of halogens is 2. The first kappa shape index (κ1) is 25.7. The highest BCUT2D eigenvalue weighted by Gasteiger charge is 2.47. The van der Waals surface area contributed by atoms with Crippen molar-refractivity contribution in [1.82, 2.24) is 9.96 Å². The number of imide groups is 1. The summed E-state index contributed by atoms with van der Waals surface area (Å²) in [6, 6.07) is 9.61. The third-order valence-electron chi connectivity index (χ3n) is 7.03. The van der Waals surface area contributed by atoms with Gasteiger partial charge < -0.3 is 4.84 Å². The summed E-state index contributed by atoms with van der Waals surface area (Å²) in [6.07, 6.45) is 1.91. The number of likely N-dealkylation sites (N-methyl/N-ethyl adjacent to an activating group) is 1. The molecule has 8 nitrogen and oxygen atoms in total. The van der Waals surface area contributed by atoms with Gasteiger partial charge in [0, 0.05) is 40.1 Å². The molecule has 0 spiro atoms. The van der Waals surface area contributed by atoms with Gasteiger partial charge in [-0.05, 0) is 75.1 Å². The van der Waals surface area contributed by atoms with E-state index < -0.39 is 17.6 Å². The molecule has 0 bridgehead atoms. The number of rotatable bonds is 6. The molecular formula is C27H27Cl2N3O5. The lowest BCUT2D eigenvalue weighted by Crippen LogP contribution is -2.50. The van der Waals surface area contributed by atoms with Crippen LogP contribution in [0.5, 0.6) is 0 Å². The van der Waals surface area contributed by atoms with Crippen molar-refractivity contribution in [3.63, 3.8) is 0 Å². The number of carbonyl (C=O) groups is 3. The average Bonchev–Trinajstić information content (AvgIpc) is 3.54. The van der Waals surface area contributed by atoms with E-state index in [4.69, 9.17) is 32.9 Å². The third-order valence-corrected chi connectivity index (χ3v) is 7.46. The maximum atomic E-state index is 13.7. The van der Waals surface area contributed by atoms with Crippen molar-refractivity contribution in [2.45, 2.75) is 51.7 Å². The Bertz CT molecular complexity index is 1300. The minimum absolute atomic E-state index is 0.0335. The first-order chi connectivity index (χ1) is 17.6. The zero-order valence-electron chi connectivity index (χ0n) is 20.8. The molecule has 2 aromatic carbocycles. The predicted octanol–water partition coefficient (Wildman–Crippen LogP) is 4.88. The molecule has 3 amide bonds. The predicted molar refractivity (Wildman–Crippen MR) is 138 cm³/mol. The first-order valence-electron chi connectivity index (χ1n) is 12.3. The zero-order chi connectivity index (χ0) is 26.5. The van der Waals surface area contributed by atoms with E-state index in [0.717, 1.165) is 28.9 Å². The van der Waals surface area contributed by atoms with Crippen LogP contribution in [-0.4, -0.2) is 52.6 Å². The number of aryl methyl sites for hydroxylation is 1. The summed E-state index contributed by atoms with van der Waals surface area (Å²) in [5.74, 6) is -1.42. The highest BCUT2D eigenvalue weighted by Crippen LogP contribution is 2.39. The van der Waals surface area contributed by atoms with Gasteiger partial charge in [0.15, 0.2) is 5.60 Å². The molecule has 2 fully saturated rings. The van der Waals surface area contributed by atoms with Crippen LogP contribution in [0, 0.1) is 12.8 Å². The van der Waals surface area contributed by atoms with Gasteiger partial charge >= 0.3 is 0 Å². The fraction of sp³-hybridized carbons (Fsp3) is 0.407. The van der Waals surface area contributed by atoms with Gasteiger partial charge in [-0.1, -0.05) is 34.4 Å². The van der Waals surface area contributed by atoms with Crippen LogP contribution in [0.1, 0.15) is 60.2 Å². The smallest absolute Gasteiger partial charge is 0.271 e. The Balaban J connectivity index is 1.39. The molecule has 1 saturated heterocycles. The molecule has 0 aromatic heterocycles. The number of hydrogen-bond acceptors (Lipinski definition) is 6. The fourth-order valence-electron chi connectivity index (χ4n) is 4.74. The van der Waals surface area contributed by atoms with Crippen molar-refractivity contribution in [3.05, 3.63) is 68.7 Å². The lowest BCUT2D eigenvalue weighted by molar-refractivity contribution is -0.160. The molecule has 2 heterocycles. The summed E-state index contributed by atoms with van der Waals surface area (Å²) in [6.45, 7) is 5.80. The lowest BCUT2D eigenvalue weighted by Gasteiger charge is -2.26. The van der Waals surface area contributed by atoms with E-state index >= 15 is 0 Å². The van der Waals surface area contributed by atoms with Crippen molar-refractivity contribution in [2.75, 3.05) is 13.2 Å². The van der Waals surface area contributed by atoms with E-state index in [1.165, 1.54) is 5.06 Å². The molecule has 194 valence electrons. The quantitative estimate of drug-likeness (QED) is 0.484. The average molecular weight is 544 g/mol. The van der Waals surface area contributed by atoms with Crippen molar-refractivity contribution in [2.24, 2.45) is 11.1 Å². The summed E-state index contributed by atoms with van der Waals surface area (Å²) in [5.41, 5.74) is 2.59. The summed E-state index contributed by atoms with van der Waals surface area (Å²) in [7, 11) is 0. The minimum atomic E-state index is -0.961. The van der Waals surface area contributed by atoms with Gasteiger partial charge in [-0.25, -0.2) is 5.06 Å². The molecule has 1 saturated carbocycles. The van der Waals surface area contributed by atoms with Gasteiger partial charge in [0.25, 0.3) is 11.8 Å². The second-order valence-corrected chi connectivity index (χ2v) is 10.7. The summed E-state index contributed by atoms with van der Waals surface area (Å²) in [5, 5.41) is 6.53. The van der Waals surface area contributed by atoms with Crippen LogP contribution in [0.3, 0.4) is 0 Å². The van der Waals surface area contributed by atoms with E-state index in [1.54, 1.807) is 44.2 Å². The van der Waals surface area contributed by atoms with Crippen molar-refractivity contribution < 1.29 is 24.1 Å². The van der Waals surface area contributed by atoms with Crippen LogP contribution in [0.4, 0.5) is 0 Å². The van der Waals surface area contributed by atoms with Gasteiger partial charge in [0.1, 0.15) is 12.6 Å². The Morgan fingerprint density at radius 2 is 1.86 bits per heavy atom. The minimum Gasteiger partial charge on any atom is -0.384 e. The van der Waals surface area contributed by atoms with Crippen molar-refractivity contribution in [3.8, 4) is 0 Å². The van der Waals surface area contributed by atoms with Gasteiger partial charge in [-0.2, -0.15) is 0 Å². The van der Waals surface area contributed by atoms with Crippen LogP contribution >= 0.6 is 23.2 Å². The van der Waals surface area contributed by atoms with E-state index in [9.17, 15) is 14.4 Å². The highest BCUT2D eigenvalue weighted by molar-refractivity contribution is 6.34. The second kappa shape index (κ2) is 9.74. The molecule has 1 aliphatic carbocycles. The topological polar surface area (TPSA) is 88.5 Å². The summed E-state index contributed by atoms with van der Waals surface area (Å²) >= 11 is 12.4. The normalized spacial score (nSPS) is 23.2. The van der Waals surface area contributed by atoms with Crippen LogP contribution in [-0.2, 0) is 24.9 Å². The van der Waals surface area contributed by atoms with E-state index in [2.05, 4.69) is 5.16 Å². The van der Waals surface area contributed by atoms with E-state index in [1.807, 2.05) is 13.0 Å². The molecule has 2 aromatic rings. The molecule has 0 radical (unpaired) electrons. The maximum Gasteiger partial charge on any atom is 0.271 e. The van der Waals surface area contributed by atoms with Crippen LogP contribution in [0.15, 0.2) is 41.6 Å². The van der Waals surface area contributed by atoms with E-state index in [0.29, 0.717) is 39.8 Å². The molecule has 10 heteroatoms. The number of nitrogens with zero attached hydrogens (tertiary/aromatic N) is 3. The number of benzene rings is 2. The Hall–Kier alpha value is -2.94. The monoisotopic (exact) mass is 543 g/mol. The molecule has 3 aliphatic rings. The second-order valence-electron chi connectivity index (χ2n) is 9.86. The summed E-state index contributed by atoms with van der Waals surface area (Å²) < 4.78 is 0. The van der Waals surface area contributed by atoms with Gasteiger partial charge in [-0.15, -0.1) is 0 Å². The molecule has 2 atom stereocenters. The lowest BCUT2D eigenvalue weighted by atomic mass is 9.88. The molecule has 2 aliphatic heterocycles. The summed E-state index contributed by atoms with van der Waals surface area (Å²) in [4.78, 5) is 51.9. The standard InChI is InChI=1S/C27H27Cl2N3O5/c1-4-31-26(35)23(14-36-31)32(24(33)16-5-6-16)25(34)21-8-7-17(9-15(21)2)22-13-27(3,37-30-22)18-10-19(28)12-20(29)11-18/h7-12,16,23H,4-6,13-14H2,1-3H3/t23-,27?/m1/s1. The Morgan fingerprint density at radius 3 is 2.46 bits per heavy atom. The van der Waals surface area contributed by atoms with Gasteiger partial charge in [0.2, 0.25) is 5.91 Å². The Kier molecular flexibility index (Phi) is 6.77. The van der Waals surface area contributed by atoms with Gasteiger partial charge in [0.05, 0.1) is 5.71 Å². The molecule has 1 unspecified atom stereocenters. The molecule has 5 rings (SSSR count). The number of hydrogen-bond donors (Lipinski definition) is 0. The largest absolute Gasteiger partial charge is 0.384 e. The number of hydroxylamine groups is 2. The van der Waals surface area contributed by atoms with Gasteiger partial charge in [-0.3, -0.25) is 24.1 Å². The maximum absolute atomic E-state index is 13.7. The van der Waals surface area contributed by atoms with Crippen molar-refractivity contribution in [1.29, 1.82) is 0 Å². The third kappa shape index (κ3) is 4.85. The number of amides is 3. The molecule has 37 heavy (non-hydrogen) atoms. The molecule has 0 N–H and O–H groups in total. The van der Waals surface area contributed by atoms with Crippen molar-refractivity contribution >= 4 is 46.6 Å². The Morgan fingerprint density at radius 1 is 1.16 bits per heavy atom. The van der Waals surface area contributed by atoms with E-state index in [-0.39, 0.29) is 24.3 Å². The number of carbonyl (C=O) groups excluding carboxylic acids is 3. The molecular weight excluding hydrogens is 517 g/mol. The fourth-order valence-corrected chi connectivity index (χ4v) is 5.26. The Labute approximate surface area is 225 Å². The van der Waals surface area contributed by atoms with Crippen LogP contribution in [0.25, 0.3) is 0 Å². The SMILES string of the molecule is CCN1OC[C@@H](N(C(=O)c2ccc(C3=NOC(C)(c4cc(Cl)cc(Cl)c4)C3)cc2C)C(=O)C2CC2)C1=O. The van der Waals surface area contributed by atoms with Crippen LogP contribution in [0.2, 0.25) is 10.0 Å². The zero-order valence-corrected chi connectivity index (χ0v) is 22.3. The highest BCUT2D eigenvalue weighted by atomic mass is 35.5.